The smallest absolute Gasteiger partial charge is 0.247 e. The minimum Gasteiger partial charge on any atom is -0.370 e. The predicted molar refractivity (Wildman–Crippen MR) is 68.5 cm³/mol. The molecule has 18 heavy (non-hydrogen) atoms. The van der Waals surface area contributed by atoms with Gasteiger partial charge in [-0.2, -0.15) is 0 Å². The van der Waals surface area contributed by atoms with Crippen molar-refractivity contribution in [3.05, 3.63) is 47.5 Å². The fourth-order valence-corrected chi connectivity index (χ4v) is 2.22. The number of rotatable bonds is 4. The first kappa shape index (κ1) is 12.4. The van der Waals surface area contributed by atoms with Crippen molar-refractivity contribution >= 4 is 11.8 Å². The van der Waals surface area contributed by atoms with Crippen molar-refractivity contribution in [1.29, 1.82) is 0 Å². The Hall–Kier alpha value is -2.10. The lowest BCUT2D eigenvalue weighted by Gasteiger charge is -2.27. The van der Waals surface area contributed by atoms with E-state index >= 15 is 0 Å². The van der Waals surface area contributed by atoms with Gasteiger partial charge in [0, 0.05) is 12.6 Å². The van der Waals surface area contributed by atoms with Crippen molar-refractivity contribution in [3.8, 4) is 0 Å². The molecule has 1 aromatic rings. The monoisotopic (exact) mass is 244 g/mol. The van der Waals surface area contributed by atoms with E-state index in [9.17, 15) is 9.59 Å². The Balaban J connectivity index is 2.27. The Labute approximate surface area is 106 Å². The lowest BCUT2D eigenvalue weighted by atomic mass is 10.0. The van der Waals surface area contributed by atoms with Crippen molar-refractivity contribution in [2.24, 2.45) is 5.73 Å². The Bertz CT molecular complexity index is 494. The minimum atomic E-state index is -0.402. The number of nitrogens with zero attached hydrogens (tertiary/aromatic N) is 1. The molecule has 0 saturated carbocycles. The summed E-state index contributed by atoms with van der Waals surface area (Å²) in [6, 6.07) is 9.24. The van der Waals surface area contributed by atoms with Gasteiger partial charge in [0.05, 0.1) is 12.5 Å². The normalized spacial score (nSPS) is 16.6. The first-order valence-electron chi connectivity index (χ1n) is 5.89. The van der Waals surface area contributed by atoms with E-state index in [0.29, 0.717) is 6.54 Å². The molecule has 0 radical (unpaired) electrons. The molecule has 0 aromatic heterocycles. The second kappa shape index (κ2) is 5.04. The third kappa shape index (κ3) is 2.59. The maximum absolute atomic E-state index is 11.9. The minimum absolute atomic E-state index is 0.0531. The summed E-state index contributed by atoms with van der Waals surface area (Å²) < 4.78 is 0. The van der Waals surface area contributed by atoms with E-state index in [1.807, 2.05) is 37.3 Å². The molecule has 4 heteroatoms. The lowest BCUT2D eigenvalue weighted by molar-refractivity contribution is -0.128. The van der Waals surface area contributed by atoms with Crippen LogP contribution in [0.3, 0.4) is 0 Å². The van der Waals surface area contributed by atoms with E-state index < -0.39 is 5.91 Å². The summed E-state index contributed by atoms with van der Waals surface area (Å²) in [5.41, 5.74) is 7.23. The largest absolute Gasteiger partial charge is 0.370 e. The van der Waals surface area contributed by atoms with Crippen LogP contribution in [0.4, 0.5) is 0 Å². The maximum atomic E-state index is 11.9. The van der Waals surface area contributed by atoms with Gasteiger partial charge >= 0.3 is 0 Å². The van der Waals surface area contributed by atoms with Gasteiger partial charge in [0.15, 0.2) is 0 Å². The Kier molecular flexibility index (Phi) is 3.46. The summed E-state index contributed by atoms with van der Waals surface area (Å²) in [4.78, 5) is 24.8. The zero-order valence-corrected chi connectivity index (χ0v) is 10.3. The molecule has 2 rings (SSSR count). The van der Waals surface area contributed by atoms with Crippen LogP contribution in [0.1, 0.15) is 24.9 Å². The van der Waals surface area contributed by atoms with E-state index in [1.54, 1.807) is 11.0 Å². The highest BCUT2D eigenvalue weighted by atomic mass is 16.2. The molecule has 0 fully saturated rings. The van der Waals surface area contributed by atoms with Gasteiger partial charge in [0.1, 0.15) is 0 Å². The molecule has 1 aromatic carbocycles. The van der Waals surface area contributed by atoms with E-state index in [2.05, 4.69) is 0 Å². The van der Waals surface area contributed by atoms with Crippen LogP contribution in [0.15, 0.2) is 42.0 Å². The second-order valence-corrected chi connectivity index (χ2v) is 4.55. The topological polar surface area (TPSA) is 63.4 Å². The molecule has 4 nitrogen and oxygen atoms in total. The molecular weight excluding hydrogens is 228 g/mol. The van der Waals surface area contributed by atoms with Gasteiger partial charge in [-0.3, -0.25) is 9.59 Å². The van der Waals surface area contributed by atoms with Gasteiger partial charge in [0.25, 0.3) is 0 Å². The molecule has 94 valence electrons. The van der Waals surface area contributed by atoms with Crippen molar-refractivity contribution in [2.75, 3.05) is 6.54 Å². The van der Waals surface area contributed by atoms with Crippen LogP contribution in [0.5, 0.6) is 0 Å². The summed E-state index contributed by atoms with van der Waals surface area (Å²) in [6.45, 7) is 2.47. The van der Waals surface area contributed by atoms with Gasteiger partial charge in [-0.25, -0.2) is 0 Å². The third-order valence-corrected chi connectivity index (χ3v) is 3.03. The summed E-state index contributed by atoms with van der Waals surface area (Å²) in [5, 5.41) is 0. The number of carbonyl (C=O) groups is 2. The Morgan fingerprint density at radius 2 is 2.06 bits per heavy atom. The molecule has 1 aliphatic heterocycles. The van der Waals surface area contributed by atoms with Crippen LogP contribution in [-0.4, -0.2) is 23.3 Å². The first-order valence-corrected chi connectivity index (χ1v) is 5.89. The van der Waals surface area contributed by atoms with Crippen LogP contribution in [-0.2, 0) is 9.59 Å². The average molecular weight is 244 g/mol. The van der Waals surface area contributed by atoms with E-state index in [0.717, 1.165) is 11.1 Å². The van der Waals surface area contributed by atoms with Crippen LogP contribution in [0, 0.1) is 0 Å². The Morgan fingerprint density at radius 1 is 1.39 bits per heavy atom. The van der Waals surface area contributed by atoms with Crippen LogP contribution < -0.4 is 5.73 Å². The van der Waals surface area contributed by atoms with Gasteiger partial charge < -0.3 is 10.6 Å². The fraction of sp³-hybridized carbons (Fsp3) is 0.286. The summed E-state index contributed by atoms with van der Waals surface area (Å²) in [5.74, 6) is -0.455. The SMILES string of the molecule is CC1=CC(=O)N(C(CC(N)=O)c2ccccc2)C1. The first-order chi connectivity index (χ1) is 8.58. The highest BCUT2D eigenvalue weighted by Crippen LogP contribution is 2.28. The highest BCUT2D eigenvalue weighted by molar-refractivity contribution is 5.92. The molecule has 0 saturated heterocycles. The quantitative estimate of drug-likeness (QED) is 0.870. The fourth-order valence-electron chi connectivity index (χ4n) is 2.22. The molecule has 1 heterocycles. The third-order valence-electron chi connectivity index (χ3n) is 3.03. The summed E-state index contributed by atoms with van der Waals surface area (Å²) >= 11 is 0. The molecule has 0 aliphatic carbocycles. The molecule has 1 unspecified atom stereocenters. The highest BCUT2D eigenvalue weighted by Gasteiger charge is 2.29. The second-order valence-electron chi connectivity index (χ2n) is 4.55. The molecule has 1 atom stereocenters. The lowest BCUT2D eigenvalue weighted by Crippen LogP contribution is -2.33. The molecule has 0 spiro atoms. The zero-order chi connectivity index (χ0) is 13.1. The predicted octanol–water partition coefficient (Wildman–Crippen LogP) is 1.39. The number of nitrogens with two attached hydrogens (primary N) is 1. The zero-order valence-electron chi connectivity index (χ0n) is 10.3. The number of carbonyl (C=O) groups excluding carboxylic acids is 2. The molecular formula is C14H16N2O2. The van der Waals surface area contributed by atoms with Crippen LogP contribution in [0.25, 0.3) is 0 Å². The van der Waals surface area contributed by atoms with Crippen LogP contribution in [0.2, 0.25) is 0 Å². The Morgan fingerprint density at radius 3 is 2.56 bits per heavy atom. The number of benzene rings is 1. The van der Waals surface area contributed by atoms with Crippen molar-refractivity contribution in [2.45, 2.75) is 19.4 Å². The van der Waals surface area contributed by atoms with Gasteiger partial charge in [-0.05, 0) is 18.1 Å². The number of primary amides is 1. The van der Waals surface area contributed by atoms with E-state index in [4.69, 9.17) is 5.73 Å². The maximum Gasteiger partial charge on any atom is 0.247 e. The molecule has 2 amide bonds. The van der Waals surface area contributed by atoms with Gasteiger partial charge in [0.2, 0.25) is 11.8 Å². The number of hydrogen-bond donors (Lipinski definition) is 1. The van der Waals surface area contributed by atoms with Crippen molar-refractivity contribution < 1.29 is 9.59 Å². The van der Waals surface area contributed by atoms with Crippen molar-refractivity contribution in [3.63, 3.8) is 0 Å². The van der Waals surface area contributed by atoms with Gasteiger partial charge in [-0.15, -0.1) is 0 Å². The molecule has 1 aliphatic rings. The molecule has 0 bridgehead atoms. The summed E-state index contributed by atoms with van der Waals surface area (Å²) in [7, 11) is 0. The standard InChI is InChI=1S/C14H16N2O2/c1-10-7-14(18)16(9-10)12(8-13(15)17)11-5-3-2-4-6-11/h2-7,12H,8-9H2,1H3,(H2,15,17). The number of hydrogen-bond acceptors (Lipinski definition) is 2. The van der Waals surface area contributed by atoms with Crippen molar-refractivity contribution in [1.82, 2.24) is 4.90 Å². The van der Waals surface area contributed by atoms with E-state index in [-0.39, 0.29) is 18.4 Å². The van der Waals surface area contributed by atoms with Crippen LogP contribution >= 0.6 is 0 Å². The number of amides is 2. The molecule has 2 N–H and O–H groups in total. The average Bonchev–Trinajstić information content (AvgIpc) is 2.66. The summed E-state index contributed by atoms with van der Waals surface area (Å²) in [6.07, 6.45) is 1.76. The van der Waals surface area contributed by atoms with E-state index in [1.165, 1.54) is 0 Å². The van der Waals surface area contributed by atoms with Gasteiger partial charge in [-0.1, -0.05) is 30.3 Å².